The van der Waals surface area contributed by atoms with Crippen LogP contribution in [-0.4, -0.2) is 9.78 Å². The lowest BCUT2D eigenvalue weighted by molar-refractivity contribution is 0.719. The minimum Gasteiger partial charge on any atom is -0.270 e. The third-order valence-electron chi connectivity index (χ3n) is 3.09. The van der Waals surface area contributed by atoms with E-state index < -0.39 is 0 Å². The van der Waals surface area contributed by atoms with Crippen molar-refractivity contribution in [2.24, 2.45) is 7.05 Å². The molecule has 0 aliphatic heterocycles. The molecule has 0 aliphatic rings. The van der Waals surface area contributed by atoms with E-state index in [1.807, 2.05) is 23.5 Å². The van der Waals surface area contributed by atoms with Crippen molar-refractivity contribution in [2.75, 3.05) is 0 Å². The van der Waals surface area contributed by atoms with Crippen LogP contribution in [0.25, 0.3) is 0 Å². The molecular weight excluding hydrogens is 320 g/mol. The molecule has 2 nitrogen and oxygen atoms in total. The number of nitrogens with zero attached hydrogens (tertiary/aromatic N) is 2. The van der Waals surface area contributed by atoms with E-state index >= 15 is 0 Å². The fourth-order valence-electron chi connectivity index (χ4n) is 2.04. The monoisotopic (exact) mass is 338 g/mol. The van der Waals surface area contributed by atoms with Gasteiger partial charge in [0.15, 0.2) is 0 Å². The molecule has 0 saturated heterocycles. The summed E-state index contributed by atoms with van der Waals surface area (Å²) < 4.78 is 3.17. The molecule has 1 aromatic heterocycles. The number of benzene rings is 1. The lowest BCUT2D eigenvalue weighted by Gasteiger charge is -2.04. The standard InChI is InChI=1S/C15H19BrN2S/c1-4-13-15(16)14(18(3)17-13)10-19-9-12-7-5-6-11(2)8-12/h5-8H,4,9-10H2,1-3H3. The maximum atomic E-state index is 4.52. The molecule has 1 heterocycles. The van der Waals surface area contributed by atoms with E-state index in [9.17, 15) is 0 Å². The number of hydrogen-bond donors (Lipinski definition) is 0. The molecule has 0 aliphatic carbocycles. The van der Waals surface area contributed by atoms with Crippen molar-refractivity contribution in [2.45, 2.75) is 31.8 Å². The largest absolute Gasteiger partial charge is 0.270 e. The number of halogens is 1. The normalized spacial score (nSPS) is 10.9. The van der Waals surface area contributed by atoms with E-state index in [0.717, 1.165) is 23.6 Å². The summed E-state index contributed by atoms with van der Waals surface area (Å²) in [6.07, 6.45) is 0.969. The third kappa shape index (κ3) is 3.63. The molecule has 102 valence electrons. The summed E-state index contributed by atoms with van der Waals surface area (Å²) in [5, 5.41) is 4.52. The molecule has 0 radical (unpaired) electrons. The van der Waals surface area contributed by atoms with Gasteiger partial charge in [0, 0.05) is 18.6 Å². The Balaban J connectivity index is 1.98. The second kappa shape index (κ2) is 6.62. The average molecular weight is 339 g/mol. The van der Waals surface area contributed by atoms with E-state index in [4.69, 9.17) is 0 Å². The van der Waals surface area contributed by atoms with Gasteiger partial charge in [0.2, 0.25) is 0 Å². The van der Waals surface area contributed by atoms with Gasteiger partial charge < -0.3 is 0 Å². The molecule has 0 saturated carbocycles. The summed E-state index contributed by atoms with van der Waals surface area (Å²) in [7, 11) is 2.02. The highest BCUT2D eigenvalue weighted by molar-refractivity contribution is 9.10. The van der Waals surface area contributed by atoms with Crippen LogP contribution < -0.4 is 0 Å². The minimum absolute atomic E-state index is 0.969. The van der Waals surface area contributed by atoms with E-state index in [1.165, 1.54) is 21.3 Å². The SMILES string of the molecule is CCc1nn(C)c(CSCc2cccc(C)c2)c1Br. The van der Waals surface area contributed by atoms with Crippen molar-refractivity contribution in [3.63, 3.8) is 0 Å². The van der Waals surface area contributed by atoms with Gasteiger partial charge in [-0.15, -0.1) is 0 Å². The van der Waals surface area contributed by atoms with Crippen molar-refractivity contribution < 1.29 is 0 Å². The van der Waals surface area contributed by atoms with Crippen molar-refractivity contribution in [3.8, 4) is 0 Å². The van der Waals surface area contributed by atoms with Gasteiger partial charge in [-0.25, -0.2) is 0 Å². The third-order valence-corrected chi connectivity index (χ3v) is 5.02. The topological polar surface area (TPSA) is 17.8 Å². The van der Waals surface area contributed by atoms with E-state index in [1.54, 1.807) is 0 Å². The fraction of sp³-hybridized carbons (Fsp3) is 0.400. The van der Waals surface area contributed by atoms with Crippen LogP contribution in [0.5, 0.6) is 0 Å². The molecule has 4 heteroatoms. The zero-order valence-electron chi connectivity index (χ0n) is 11.6. The highest BCUT2D eigenvalue weighted by atomic mass is 79.9. The summed E-state index contributed by atoms with van der Waals surface area (Å²) in [5.41, 5.74) is 5.13. The van der Waals surface area contributed by atoms with Crippen molar-refractivity contribution >= 4 is 27.7 Å². The Morgan fingerprint density at radius 2 is 2.11 bits per heavy atom. The molecule has 0 unspecified atom stereocenters. The van der Waals surface area contributed by atoms with Crippen molar-refractivity contribution in [1.82, 2.24) is 9.78 Å². The van der Waals surface area contributed by atoms with Gasteiger partial charge in [-0.1, -0.05) is 36.8 Å². The van der Waals surface area contributed by atoms with Gasteiger partial charge in [0.05, 0.1) is 15.9 Å². The minimum atomic E-state index is 0.969. The van der Waals surface area contributed by atoms with Crippen LogP contribution in [0.3, 0.4) is 0 Å². The molecule has 0 fully saturated rings. The fourth-order valence-corrected chi connectivity index (χ4v) is 4.03. The number of aromatic nitrogens is 2. The first-order valence-electron chi connectivity index (χ1n) is 6.45. The van der Waals surface area contributed by atoms with Gasteiger partial charge in [0.1, 0.15) is 0 Å². The molecule has 2 aromatic rings. The van der Waals surface area contributed by atoms with Crippen molar-refractivity contribution in [3.05, 3.63) is 51.3 Å². The van der Waals surface area contributed by atoms with Gasteiger partial charge in [-0.2, -0.15) is 16.9 Å². The zero-order chi connectivity index (χ0) is 13.8. The molecule has 0 atom stereocenters. The molecule has 0 spiro atoms. The predicted molar refractivity (Wildman–Crippen MR) is 86.5 cm³/mol. The highest BCUT2D eigenvalue weighted by Crippen LogP contribution is 2.26. The van der Waals surface area contributed by atoms with E-state index in [0.29, 0.717) is 0 Å². The molecule has 0 amide bonds. The number of rotatable bonds is 5. The molecule has 19 heavy (non-hydrogen) atoms. The molecule has 0 bridgehead atoms. The lowest BCUT2D eigenvalue weighted by atomic mass is 10.2. The Morgan fingerprint density at radius 3 is 2.74 bits per heavy atom. The van der Waals surface area contributed by atoms with Crippen LogP contribution in [0.15, 0.2) is 28.7 Å². The quantitative estimate of drug-likeness (QED) is 0.799. The van der Waals surface area contributed by atoms with Crippen LogP contribution >= 0.6 is 27.7 Å². The Hall–Kier alpha value is -0.740. The van der Waals surface area contributed by atoms with Crippen LogP contribution in [0.4, 0.5) is 0 Å². The molecule has 0 N–H and O–H groups in total. The zero-order valence-corrected chi connectivity index (χ0v) is 14.0. The predicted octanol–water partition coefficient (Wildman–Crippen LogP) is 4.49. The van der Waals surface area contributed by atoms with Crippen LogP contribution in [-0.2, 0) is 25.0 Å². The Kier molecular flexibility index (Phi) is 5.11. The molecule has 1 aromatic carbocycles. The first kappa shape index (κ1) is 14.7. The number of thioether (sulfide) groups is 1. The summed E-state index contributed by atoms with van der Waals surface area (Å²) >= 11 is 5.59. The second-order valence-electron chi connectivity index (χ2n) is 4.67. The first-order chi connectivity index (χ1) is 9.11. The Morgan fingerprint density at radius 1 is 1.32 bits per heavy atom. The first-order valence-corrected chi connectivity index (χ1v) is 8.40. The lowest BCUT2D eigenvalue weighted by Crippen LogP contribution is -1.97. The summed E-state index contributed by atoms with van der Waals surface area (Å²) in [5.74, 6) is 2.03. The van der Waals surface area contributed by atoms with Gasteiger partial charge in [0.25, 0.3) is 0 Å². The average Bonchev–Trinajstić information content (AvgIpc) is 2.66. The van der Waals surface area contributed by atoms with Crippen LogP contribution in [0, 0.1) is 6.92 Å². The smallest absolute Gasteiger partial charge is 0.0767 e. The van der Waals surface area contributed by atoms with Gasteiger partial charge in [-0.3, -0.25) is 4.68 Å². The Bertz CT molecular complexity index is 563. The summed E-state index contributed by atoms with van der Waals surface area (Å²) in [6, 6.07) is 8.71. The van der Waals surface area contributed by atoms with E-state index in [2.05, 4.69) is 59.1 Å². The Labute approximate surface area is 127 Å². The van der Waals surface area contributed by atoms with Crippen LogP contribution in [0.1, 0.15) is 29.4 Å². The number of hydrogen-bond acceptors (Lipinski definition) is 2. The van der Waals surface area contributed by atoms with Gasteiger partial charge >= 0.3 is 0 Å². The molecular formula is C15H19BrN2S. The highest BCUT2D eigenvalue weighted by Gasteiger charge is 2.12. The number of aryl methyl sites for hydroxylation is 3. The summed E-state index contributed by atoms with van der Waals surface area (Å²) in [6.45, 7) is 4.27. The maximum absolute atomic E-state index is 4.52. The van der Waals surface area contributed by atoms with Gasteiger partial charge in [-0.05, 0) is 34.8 Å². The second-order valence-corrected chi connectivity index (χ2v) is 6.44. The molecule has 2 rings (SSSR count). The van der Waals surface area contributed by atoms with Crippen molar-refractivity contribution in [1.29, 1.82) is 0 Å². The maximum Gasteiger partial charge on any atom is 0.0767 e. The van der Waals surface area contributed by atoms with Crippen LogP contribution in [0.2, 0.25) is 0 Å². The van der Waals surface area contributed by atoms with E-state index in [-0.39, 0.29) is 0 Å². The summed E-state index contributed by atoms with van der Waals surface area (Å²) in [4.78, 5) is 0.